The van der Waals surface area contributed by atoms with Gasteiger partial charge in [0.2, 0.25) is 0 Å². The molecule has 23 heavy (non-hydrogen) atoms. The highest BCUT2D eigenvalue weighted by Gasteiger charge is 2.24. The van der Waals surface area contributed by atoms with Crippen LogP contribution in [-0.4, -0.2) is 39.4 Å². The van der Waals surface area contributed by atoms with Crippen LogP contribution in [0.25, 0.3) is 11.0 Å². The molecule has 5 heteroatoms. The van der Waals surface area contributed by atoms with Crippen LogP contribution >= 0.6 is 0 Å². The summed E-state index contributed by atoms with van der Waals surface area (Å²) in [5.41, 5.74) is 3.17. The maximum Gasteiger partial charge on any atom is 0.141 e. The summed E-state index contributed by atoms with van der Waals surface area (Å²) >= 11 is 0. The number of aromatic amines is 1. The lowest BCUT2D eigenvalue weighted by molar-refractivity contribution is 0.116. The Morgan fingerprint density at radius 1 is 1.26 bits per heavy atom. The summed E-state index contributed by atoms with van der Waals surface area (Å²) < 4.78 is 5.12. The maximum atomic E-state index is 9.29. The lowest BCUT2D eigenvalue weighted by atomic mass is 9.99. The number of ether oxygens (including phenoxy) is 1. The monoisotopic (exact) mass is 321 g/mol. The van der Waals surface area contributed by atoms with E-state index in [1.807, 2.05) is 27.0 Å². The maximum absolute atomic E-state index is 9.29. The molecule has 1 fully saturated rings. The van der Waals surface area contributed by atoms with Crippen molar-refractivity contribution in [2.75, 3.05) is 13.2 Å². The normalized spacial score (nSPS) is 19.7. The second-order valence-electron chi connectivity index (χ2n) is 5.66. The van der Waals surface area contributed by atoms with E-state index < -0.39 is 0 Å². The van der Waals surface area contributed by atoms with Crippen molar-refractivity contribution in [1.82, 2.24) is 15.0 Å². The summed E-state index contributed by atoms with van der Waals surface area (Å²) in [6.07, 6.45) is 6.89. The first kappa shape index (κ1) is 19.6. The number of hydrogen-bond donors (Lipinski definition) is 2. The van der Waals surface area contributed by atoms with Gasteiger partial charge in [0.25, 0.3) is 0 Å². The third kappa shape index (κ3) is 5.59. The molecule has 2 N–H and O–H groups in total. The van der Waals surface area contributed by atoms with E-state index in [-0.39, 0.29) is 6.10 Å². The average Bonchev–Trinajstić information content (AvgIpc) is 3.15. The Balaban J connectivity index is 0.000000209. The van der Waals surface area contributed by atoms with E-state index in [4.69, 9.17) is 4.74 Å². The predicted molar refractivity (Wildman–Crippen MR) is 94.6 cm³/mol. The number of hydrogen-bond acceptors (Lipinski definition) is 4. The van der Waals surface area contributed by atoms with Crippen LogP contribution in [0.15, 0.2) is 12.5 Å². The first-order valence-corrected chi connectivity index (χ1v) is 8.64. The number of aliphatic hydroxyl groups is 1. The van der Waals surface area contributed by atoms with Crippen LogP contribution in [0.1, 0.15) is 51.3 Å². The van der Waals surface area contributed by atoms with Gasteiger partial charge in [-0.2, -0.15) is 0 Å². The van der Waals surface area contributed by atoms with Gasteiger partial charge >= 0.3 is 0 Å². The first-order valence-electron chi connectivity index (χ1n) is 8.64. The van der Waals surface area contributed by atoms with Gasteiger partial charge in [0.15, 0.2) is 0 Å². The number of rotatable bonds is 3. The van der Waals surface area contributed by atoms with E-state index in [9.17, 15) is 5.11 Å². The number of aromatic nitrogens is 3. The molecule has 2 unspecified atom stereocenters. The number of aliphatic hydroxyl groups excluding tert-OH is 1. The van der Waals surface area contributed by atoms with Crippen LogP contribution < -0.4 is 0 Å². The molecule has 2 aromatic rings. The third-order valence-electron chi connectivity index (χ3n) is 3.95. The number of nitrogens with one attached hydrogen (secondary N) is 1. The second kappa shape index (κ2) is 10.3. The van der Waals surface area contributed by atoms with E-state index in [2.05, 4.69) is 28.8 Å². The highest BCUT2D eigenvalue weighted by Crippen LogP contribution is 2.19. The molecule has 5 nitrogen and oxygen atoms in total. The Morgan fingerprint density at radius 3 is 2.57 bits per heavy atom. The number of aryl methyl sites for hydroxylation is 2. The van der Waals surface area contributed by atoms with Crippen LogP contribution in [-0.2, 0) is 4.74 Å². The minimum absolute atomic E-state index is 0.188. The molecule has 0 amide bonds. The molecule has 0 spiro atoms. The van der Waals surface area contributed by atoms with Crippen molar-refractivity contribution >= 4 is 11.0 Å². The second-order valence-corrected chi connectivity index (χ2v) is 5.66. The molecule has 0 radical (unpaired) electrons. The standard InChI is InChI=1S/C8H9N3.C8H16O2.C2H6/c1-5-3-9-8-7(5)6(2)10-4-11-8;1-2-3-4-7-5-10-6-8(7)9;1-2/h3-4H,1-2H3,(H,9,10,11);7-9H,2-6H2,1H3;1-2H3. The summed E-state index contributed by atoms with van der Waals surface area (Å²) in [6.45, 7) is 11.5. The van der Waals surface area contributed by atoms with E-state index in [0.717, 1.165) is 29.8 Å². The highest BCUT2D eigenvalue weighted by atomic mass is 16.5. The fourth-order valence-electron chi connectivity index (χ4n) is 2.63. The molecule has 0 saturated carbocycles. The van der Waals surface area contributed by atoms with Crippen LogP contribution in [0.3, 0.4) is 0 Å². The largest absolute Gasteiger partial charge is 0.390 e. The smallest absolute Gasteiger partial charge is 0.141 e. The van der Waals surface area contributed by atoms with Crippen LogP contribution in [0.2, 0.25) is 0 Å². The summed E-state index contributed by atoms with van der Waals surface area (Å²) in [5, 5.41) is 10.4. The SMILES string of the molecule is CC.CCCCC1COCC1O.Cc1c[nH]c2ncnc(C)c12. The molecule has 0 aromatic carbocycles. The van der Waals surface area contributed by atoms with Crippen molar-refractivity contribution in [3.05, 3.63) is 23.8 Å². The molecule has 2 atom stereocenters. The number of H-pyrrole nitrogens is 1. The topological polar surface area (TPSA) is 71.0 Å². The molecule has 1 aliphatic heterocycles. The van der Waals surface area contributed by atoms with E-state index in [1.54, 1.807) is 6.33 Å². The zero-order valence-electron chi connectivity index (χ0n) is 15.1. The fourth-order valence-corrected chi connectivity index (χ4v) is 2.63. The van der Waals surface area contributed by atoms with Gasteiger partial charge in [0, 0.05) is 17.5 Å². The molecule has 0 bridgehead atoms. The highest BCUT2D eigenvalue weighted by molar-refractivity contribution is 5.81. The fraction of sp³-hybridized carbons (Fsp3) is 0.667. The van der Waals surface area contributed by atoms with Gasteiger partial charge in [-0.05, 0) is 25.8 Å². The quantitative estimate of drug-likeness (QED) is 0.902. The first-order chi connectivity index (χ1) is 11.1. The van der Waals surface area contributed by atoms with E-state index in [0.29, 0.717) is 12.5 Å². The molecule has 3 heterocycles. The minimum atomic E-state index is -0.188. The Kier molecular flexibility index (Phi) is 8.81. The van der Waals surface area contributed by atoms with Crippen molar-refractivity contribution in [2.45, 2.75) is 60.0 Å². The van der Waals surface area contributed by atoms with Crippen molar-refractivity contribution in [2.24, 2.45) is 5.92 Å². The van der Waals surface area contributed by atoms with Gasteiger partial charge in [-0.3, -0.25) is 0 Å². The Morgan fingerprint density at radius 2 is 2.00 bits per heavy atom. The van der Waals surface area contributed by atoms with Gasteiger partial charge < -0.3 is 14.8 Å². The Bertz CT molecular complexity index is 568. The molecular weight excluding hydrogens is 290 g/mol. The van der Waals surface area contributed by atoms with Crippen LogP contribution in [0, 0.1) is 19.8 Å². The van der Waals surface area contributed by atoms with Gasteiger partial charge in [0.05, 0.1) is 25.0 Å². The van der Waals surface area contributed by atoms with E-state index in [1.165, 1.54) is 18.4 Å². The van der Waals surface area contributed by atoms with Crippen molar-refractivity contribution in [1.29, 1.82) is 0 Å². The zero-order valence-corrected chi connectivity index (χ0v) is 15.1. The summed E-state index contributed by atoms with van der Waals surface area (Å²) in [5.74, 6) is 0.417. The van der Waals surface area contributed by atoms with Gasteiger partial charge in [-0.25, -0.2) is 9.97 Å². The number of fused-ring (bicyclic) bond motifs is 1. The van der Waals surface area contributed by atoms with Gasteiger partial charge in [-0.1, -0.05) is 33.6 Å². The Labute approximate surface area is 139 Å². The molecule has 3 rings (SSSR count). The zero-order chi connectivity index (χ0) is 17.2. The summed E-state index contributed by atoms with van der Waals surface area (Å²) in [6, 6.07) is 0. The van der Waals surface area contributed by atoms with Crippen LogP contribution in [0.4, 0.5) is 0 Å². The average molecular weight is 321 g/mol. The van der Waals surface area contributed by atoms with Crippen molar-refractivity contribution < 1.29 is 9.84 Å². The minimum Gasteiger partial charge on any atom is -0.390 e. The Hall–Kier alpha value is -1.46. The lowest BCUT2D eigenvalue weighted by Crippen LogP contribution is -2.17. The number of nitrogens with zero attached hydrogens (tertiary/aromatic N) is 2. The molecule has 0 aliphatic carbocycles. The van der Waals surface area contributed by atoms with Gasteiger partial charge in [0.1, 0.15) is 12.0 Å². The molecule has 130 valence electrons. The van der Waals surface area contributed by atoms with E-state index >= 15 is 0 Å². The summed E-state index contributed by atoms with van der Waals surface area (Å²) in [7, 11) is 0. The molecule has 1 saturated heterocycles. The van der Waals surface area contributed by atoms with Crippen molar-refractivity contribution in [3.63, 3.8) is 0 Å². The predicted octanol–water partition coefficient (Wildman–Crippen LogP) is 3.78. The van der Waals surface area contributed by atoms with Crippen molar-refractivity contribution in [3.8, 4) is 0 Å². The summed E-state index contributed by atoms with van der Waals surface area (Å²) in [4.78, 5) is 11.3. The lowest BCUT2D eigenvalue weighted by Gasteiger charge is -2.09. The molecule has 1 aliphatic rings. The third-order valence-corrected chi connectivity index (χ3v) is 3.95. The molecular formula is C18H31N3O2. The number of unbranched alkanes of at least 4 members (excludes halogenated alkanes) is 1. The van der Waals surface area contributed by atoms with Crippen LogP contribution in [0.5, 0.6) is 0 Å². The molecule has 2 aromatic heterocycles. The van der Waals surface area contributed by atoms with Gasteiger partial charge in [-0.15, -0.1) is 0 Å².